The highest BCUT2D eigenvalue weighted by Gasteiger charge is 2.19. The zero-order chi connectivity index (χ0) is 33.8. The van der Waals surface area contributed by atoms with Crippen LogP contribution in [0.5, 0.6) is 0 Å². The number of hydrogen-bond donors (Lipinski definition) is 4. The minimum atomic E-state index is -3.91. The molecular formula is C33H26ClN9O4S. The maximum atomic E-state index is 13.2. The van der Waals surface area contributed by atoms with E-state index in [0.29, 0.717) is 39.3 Å². The molecule has 0 atom stereocenters. The van der Waals surface area contributed by atoms with Gasteiger partial charge in [-0.1, -0.05) is 29.8 Å². The van der Waals surface area contributed by atoms with Gasteiger partial charge >= 0.3 is 0 Å². The molecule has 0 saturated carbocycles. The molecule has 13 nitrogen and oxygen atoms in total. The van der Waals surface area contributed by atoms with E-state index in [2.05, 4.69) is 36.2 Å². The van der Waals surface area contributed by atoms with Gasteiger partial charge in [-0.3, -0.25) is 25.4 Å². The van der Waals surface area contributed by atoms with Crippen molar-refractivity contribution in [1.82, 2.24) is 35.6 Å². The molecule has 0 unspecified atom stereocenters. The molecule has 48 heavy (non-hydrogen) atoms. The van der Waals surface area contributed by atoms with Gasteiger partial charge in [0.2, 0.25) is 16.0 Å². The standard InChI is InChI=1S/C33H26ClN9O4S/c1-20-4-5-22(17-28(20)39-33-37-16-14-27(38-33)23-3-2-15-36-19-23)31(44)40-41-32(45)29-18-30(21-6-8-24(34)9-7-21)43(42-29)25-10-12-26(13-11-25)48(35,46)47/h2-19H,1H3,(H,40,44)(H,41,45)(H2,35,46,47)(H,37,38,39). The van der Waals surface area contributed by atoms with E-state index in [1.165, 1.54) is 35.0 Å². The van der Waals surface area contributed by atoms with Gasteiger partial charge in [0.15, 0.2) is 5.69 Å². The zero-order valence-corrected chi connectivity index (χ0v) is 26.7. The number of aromatic nitrogens is 5. The van der Waals surface area contributed by atoms with E-state index >= 15 is 0 Å². The summed E-state index contributed by atoms with van der Waals surface area (Å²) in [7, 11) is -3.91. The minimum Gasteiger partial charge on any atom is -0.324 e. The number of carbonyl (C=O) groups is 2. The number of pyridine rings is 1. The molecule has 15 heteroatoms. The number of anilines is 2. The number of primary sulfonamides is 1. The highest BCUT2D eigenvalue weighted by Crippen LogP contribution is 2.27. The van der Waals surface area contributed by atoms with Gasteiger partial charge in [0.05, 0.1) is 22.0 Å². The summed E-state index contributed by atoms with van der Waals surface area (Å²) < 4.78 is 25.0. The zero-order valence-electron chi connectivity index (χ0n) is 25.1. The molecule has 3 aromatic heterocycles. The lowest BCUT2D eigenvalue weighted by Crippen LogP contribution is -2.41. The second-order valence-corrected chi connectivity index (χ2v) is 12.4. The fraction of sp³-hybridized carbons (Fsp3) is 0.0303. The molecule has 240 valence electrons. The number of nitrogens with two attached hydrogens (primary N) is 1. The summed E-state index contributed by atoms with van der Waals surface area (Å²) in [6.07, 6.45) is 5.00. The number of benzene rings is 3. The van der Waals surface area contributed by atoms with E-state index < -0.39 is 21.8 Å². The molecule has 0 aliphatic carbocycles. The van der Waals surface area contributed by atoms with Crippen molar-refractivity contribution in [2.45, 2.75) is 11.8 Å². The Kier molecular flexibility index (Phi) is 8.94. The minimum absolute atomic E-state index is 0.0207. The van der Waals surface area contributed by atoms with Crippen molar-refractivity contribution in [3.63, 3.8) is 0 Å². The number of hydrogen-bond acceptors (Lipinski definition) is 9. The smallest absolute Gasteiger partial charge is 0.290 e. The number of sulfonamides is 1. The van der Waals surface area contributed by atoms with E-state index in [9.17, 15) is 18.0 Å². The van der Waals surface area contributed by atoms with E-state index in [4.69, 9.17) is 16.7 Å². The van der Waals surface area contributed by atoms with Crippen LogP contribution in [0.4, 0.5) is 11.6 Å². The second kappa shape index (κ2) is 13.4. The molecule has 2 amide bonds. The molecule has 5 N–H and O–H groups in total. The molecule has 0 bridgehead atoms. The van der Waals surface area contributed by atoms with Crippen molar-refractivity contribution in [2.24, 2.45) is 5.14 Å². The largest absolute Gasteiger partial charge is 0.324 e. The number of hydrazine groups is 1. The third-order valence-electron chi connectivity index (χ3n) is 7.14. The van der Waals surface area contributed by atoms with E-state index in [1.807, 2.05) is 19.1 Å². The normalized spacial score (nSPS) is 11.1. The van der Waals surface area contributed by atoms with E-state index in [-0.39, 0.29) is 16.2 Å². The van der Waals surface area contributed by atoms with Crippen LogP contribution in [-0.4, -0.2) is 45.0 Å². The summed E-state index contributed by atoms with van der Waals surface area (Å²) in [5.74, 6) is -0.936. The van der Waals surface area contributed by atoms with Crippen molar-refractivity contribution < 1.29 is 18.0 Å². The molecule has 6 rings (SSSR count). The summed E-state index contributed by atoms with van der Waals surface area (Å²) in [5, 5.41) is 13.3. The lowest BCUT2D eigenvalue weighted by Gasteiger charge is -2.12. The summed E-state index contributed by atoms with van der Waals surface area (Å²) in [4.78, 5) is 39.2. The lowest BCUT2D eigenvalue weighted by atomic mass is 10.1. The van der Waals surface area contributed by atoms with Gasteiger partial charge in [-0.2, -0.15) is 5.10 Å². The number of amides is 2. The molecule has 0 aliphatic rings. The van der Waals surface area contributed by atoms with Crippen LogP contribution in [0.2, 0.25) is 5.02 Å². The van der Waals surface area contributed by atoms with Crippen LogP contribution < -0.4 is 21.3 Å². The third-order valence-corrected chi connectivity index (χ3v) is 8.32. The number of rotatable bonds is 8. The monoisotopic (exact) mass is 679 g/mol. The first-order valence-electron chi connectivity index (χ1n) is 14.3. The van der Waals surface area contributed by atoms with E-state index in [1.54, 1.807) is 67.1 Å². The van der Waals surface area contributed by atoms with Crippen molar-refractivity contribution in [3.05, 3.63) is 131 Å². The maximum absolute atomic E-state index is 13.2. The van der Waals surface area contributed by atoms with Crippen molar-refractivity contribution >= 4 is 45.1 Å². The van der Waals surface area contributed by atoms with Crippen LogP contribution in [0.15, 0.2) is 114 Å². The van der Waals surface area contributed by atoms with Gasteiger partial charge in [-0.05, 0) is 85.3 Å². The third kappa shape index (κ3) is 7.20. The maximum Gasteiger partial charge on any atom is 0.290 e. The van der Waals surface area contributed by atoms with Gasteiger partial charge in [0.1, 0.15) is 0 Å². The molecule has 0 saturated heterocycles. The predicted molar refractivity (Wildman–Crippen MR) is 180 cm³/mol. The predicted octanol–water partition coefficient (Wildman–Crippen LogP) is 4.82. The van der Waals surface area contributed by atoms with Crippen molar-refractivity contribution in [1.29, 1.82) is 0 Å². The molecule has 0 radical (unpaired) electrons. The summed E-state index contributed by atoms with van der Waals surface area (Å²) in [6, 6.07) is 24.6. The number of aryl methyl sites for hydroxylation is 1. The highest BCUT2D eigenvalue weighted by molar-refractivity contribution is 7.89. The van der Waals surface area contributed by atoms with Crippen LogP contribution in [0, 0.1) is 6.92 Å². The number of nitrogens with zero attached hydrogens (tertiary/aromatic N) is 5. The summed E-state index contributed by atoms with van der Waals surface area (Å²) in [5.41, 5.74) is 9.66. The highest BCUT2D eigenvalue weighted by atomic mass is 35.5. The fourth-order valence-electron chi connectivity index (χ4n) is 4.65. The topological polar surface area (TPSA) is 187 Å². The summed E-state index contributed by atoms with van der Waals surface area (Å²) >= 11 is 6.07. The van der Waals surface area contributed by atoms with Gasteiger partial charge in [-0.15, -0.1) is 0 Å². The second-order valence-electron chi connectivity index (χ2n) is 10.4. The van der Waals surface area contributed by atoms with Crippen LogP contribution >= 0.6 is 11.6 Å². The average Bonchev–Trinajstić information content (AvgIpc) is 3.54. The lowest BCUT2D eigenvalue weighted by molar-refractivity contribution is 0.0843. The van der Waals surface area contributed by atoms with Crippen molar-refractivity contribution in [3.8, 4) is 28.2 Å². The Morgan fingerprint density at radius 1 is 0.854 bits per heavy atom. The van der Waals surface area contributed by atoms with Gasteiger partial charge in [-0.25, -0.2) is 28.2 Å². The molecule has 3 aromatic carbocycles. The molecular weight excluding hydrogens is 654 g/mol. The Hall–Kier alpha value is -5.96. The quantitative estimate of drug-likeness (QED) is 0.164. The molecule has 3 heterocycles. The fourth-order valence-corrected chi connectivity index (χ4v) is 5.30. The van der Waals surface area contributed by atoms with Crippen LogP contribution in [-0.2, 0) is 10.0 Å². The van der Waals surface area contributed by atoms with Crippen molar-refractivity contribution in [2.75, 3.05) is 5.32 Å². The molecule has 0 aliphatic heterocycles. The Bertz CT molecular complexity index is 2240. The van der Waals surface area contributed by atoms with Gasteiger partial charge in [0.25, 0.3) is 11.8 Å². The molecule has 0 spiro atoms. The Morgan fingerprint density at radius 3 is 2.31 bits per heavy atom. The van der Waals surface area contributed by atoms with Gasteiger partial charge in [0, 0.05) is 46.0 Å². The first-order valence-corrected chi connectivity index (χ1v) is 16.2. The number of nitrogens with one attached hydrogen (secondary N) is 3. The van der Waals surface area contributed by atoms with Crippen LogP contribution in [0.25, 0.3) is 28.2 Å². The average molecular weight is 680 g/mol. The van der Waals surface area contributed by atoms with Gasteiger partial charge < -0.3 is 5.32 Å². The summed E-state index contributed by atoms with van der Waals surface area (Å²) in [6.45, 7) is 1.87. The first-order chi connectivity index (χ1) is 23.0. The van der Waals surface area contributed by atoms with Crippen LogP contribution in [0.3, 0.4) is 0 Å². The Labute approximate surface area is 279 Å². The van der Waals surface area contributed by atoms with E-state index in [0.717, 1.165) is 11.1 Å². The molecule has 6 aromatic rings. The number of halogens is 1. The Balaban J connectivity index is 1.20. The SMILES string of the molecule is Cc1ccc(C(=O)NNC(=O)c2cc(-c3ccc(Cl)cc3)n(-c3ccc(S(N)(=O)=O)cc3)n2)cc1Nc1nccc(-c2cccnc2)n1. The first kappa shape index (κ1) is 32.0. The Morgan fingerprint density at radius 2 is 1.60 bits per heavy atom. The molecule has 0 fully saturated rings. The van der Waals surface area contributed by atoms with Crippen LogP contribution in [0.1, 0.15) is 26.4 Å². The number of carbonyl (C=O) groups excluding carboxylic acids is 2.